The van der Waals surface area contributed by atoms with Crippen molar-refractivity contribution in [3.63, 3.8) is 0 Å². The Labute approximate surface area is 506 Å². The maximum absolute atomic E-state index is 12.7. The Bertz CT molecular complexity index is 2750. The molecule has 26 heteroatoms. The summed E-state index contributed by atoms with van der Waals surface area (Å²) in [5.74, 6) is 3.05. The molecule has 20 nitrogen and oxygen atoms in total. The van der Waals surface area contributed by atoms with Crippen LogP contribution in [-0.2, 0) is 18.8 Å². The largest absolute Gasteiger partial charge is 0.495 e. The second kappa shape index (κ2) is 30.4. The van der Waals surface area contributed by atoms with Crippen LogP contribution in [0.15, 0.2) is 60.7 Å². The number of benzene rings is 2. The van der Waals surface area contributed by atoms with Gasteiger partial charge in [-0.05, 0) is 159 Å². The van der Waals surface area contributed by atoms with Gasteiger partial charge in [-0.15, -0.1) is 0 Å². The number of aliphatic hydroxyl groups is 4. The molecule has 0 saturated carbocycles. The number of likely N-dealkylation sites (tertiary alicyclic amines) is 2. The molecule has 9 rings (SSSR count). The van der Waals surface area contributed by atoms with Gasteiger partial charge in [0.2, 0.25) is 0 Å². The van der Waals surface area contributed by atoms with Gasteiger partial charge in [-0.1, -0.05) is 24.6 Å². The number of nitrogens with zero attached hydrogens (tertiary/aromatic N) is 6. The minimum atomic E-state index is -4.20. The number of hydrogen-bond acceptors (Lipinski definition) is 16. The molecule has 0 radical (unpaired) electrons. The minimum absolute atomic E-state index is 0. The van der Waals surface area contributed by atoms with Crippen LogP contribution in [0.3, 0.4) is 0 Å². The molecule has 4 aromatic rings. The molecule has 5 fully saturated rings. The summed E-state index contributed by atoms with van der Waals surface area (Å²) in [6.07, 6.45) is -5.30. The number of carbonyl (C=O) groups is 2. The second-order valence-electron chi connectivity index (χ2n) is 22.6. The Morgan fingerprint density at radius 2 is 1.20 bits per heavy atom. The monoisotopic (exact) mass is 1290 g/mol. The number of ether oxygens (including phenoxy) is 2. The highest BCUT2D eigenvalue weighted by Gasteiger charge is 2.52. The third-order valence-electron chi connectivity index (χ3n) is 15.4. The molecule has 458 valence electrons. The fraction of sp³-hybridized carbons (Fsp3) is 0.579. The van der Waals surface area contributed by atoms with Crippen LogP contribution in [0.25, 0.3) is 11.1 Å². The molecule has 8 N–H and O–H groups in total. The van der Waals surface area contributed by atoms with Crippen LogP contribution in [0.2, 0.25) is 0 Å². The SMILES string of the molecule is Cc1ccc(NC(=O)N2CC[C@@H](C)C2)cc1-c1cc(NC[C@H](O)CO)nc(N2CCOCC2)c1.Cc1ccc(NC(=O)N2CC[C@@H](CC(F)(F)F)C2)cc1B1OC(C)(C)C(C)(C)O1.OC[C@@H](O)CNc1cc(I)cc(N2CCOCC2)n1.S. The predicted molar refractivity (Wildman–Crippen MR) is 332 cm³/mol. The first-order valence-corrected chi connectivity index (χ1v) is 29.1. The normalized spacial score (nSPS) is 20.1. The molecule has 4 atom stereocenters. The first-order chi connectivity index (χ1) is 38.9. The van der Waals surface area contributed by atoms with Gasteiger partial charge in [-0.3, -0.25) is 0 Å². The molecule has 83 heavy (non-hydrogen) atoms. The Balaban J connectivity index is 0.000000206. The predicted octanol–water partition coefficient (Wildman–Crippen LogP) is 7.03. The number of hydrogen-bond donors (Lipinski definition) is 8. The zero-order valence-electron chi connectivity index (χ0n) is 48.5. The molecule has 0 spiro atoms. The van der Waals surface area contributed by atoms with Crippen molar-refractivity contribution in [2.24, 2.45) is 11.8 Å². The number of rotatable bonds is 15. The Kier molecular flexibility index (Phi) is 24.7. The fourth-order valence-electron chi connectivity index (χ4n) is 9.81. The number of morpholine rings is 2. The number of nitrogens with one attached hydrogen (secondary N) is 4. The van der Waals surface area contributed by atoms with E-state index in [1.165, 1.54) is 4.90 Å². The van der Waals surface area contributed by atoms with Gasteiger partial charge in [0.1, 0.15) is 23.3 Å². The van der Waals surface area contributed by atoms with E-state index in [1.807, 2.05) is 88.9 Å². The zero-order chi connectivity index (χ0) is 59.4. The first kappa shape index (κ1) is 67.2. The smallest absolute Gasteiger partial charge is 0.399 e. The van der Waals surface area contributed by atoms with Crippen molar-refractivity contribution in [2.75, 3.05) is 136 Å². The molecular formula is C57H83BF3IN10O10S. The van der Waals surface area contributed by atoms with Crippen molar-refractivity contribution in [1.29, 1.82) is 0 Å². The summed E-state index contributed by atoms with van der Waals surface area (Å²) in [5, 5.41) is 49.1. The zero-order valence-corrected chi connectivity index (χ0v) is 51.7. The standard InChI is InChI=1S/C25H35N5O4.C20H28BF3N2O3.C12H18IN3O3.H2S/c1-17-5-6-30(15-17)25(33)27-20-4-3-18(2)22(13-20)19-11-23(26-14-21(32)16-31)28-24(12-19)29-7-9-34-10-8-29;1-13-6-7-15(10-16(13)21-28-18(2,3)19(4,5)29-21)25-17(27)26-9-8-14(12-26)11-20(22,23)24;13-9-5-11(14-7-10(18)8-17)15-12(6-9)16-1-3-19-4-2-16;/h3-4,11-13,17,21,31-32H,5-10,14-16H2,1-2H3,(H,26,28)(H,27,33);6-7,10,14H,8-9,11-12H2,1-5H3,(H,25,27);5-6,10,17-18H,1-4,7-8H2,(H,14,15);1H2/t17-,21+;14-;10-;/m100./s1. The Morgan fingerprint density at radius 1 is 0.711 bits per heavy atom. The van der Waals surface area contributed by atoms with Gasteiger partial charge in [-0.25, -0.2) is 19.6 Å². The number of alkyl halides is 3. The molecule has 5 saturated heterocycles. The Hall–Kier alpha value is -4.91. The number of aliphatic hydroxyl groups excluding tert-OH is 4. The van der Waals surface area contributed by atoms with Crippen molar-refractivity contribution in [2.45, 2.75) is 97.3 Å². The first-order valence-electron chi connectivity index (χ1n) is 28.1. The third-order valence-corrected chi connectivity index (χ3v) is 16.0. The van der Waals surface area contributed by atoms with Crippen molar-refractivity contribution in [1.82, 2.24) is 19.8 Å². The summed E-state index contributed by atoms with van der Waals surface area (Å²) in [6.45, 7) is 21.8. The van der Waals surface area contributed by atoms with Gasteiger partial charge in [0, 0.05) is 86.8 Å². The van der Waals surface area contributed by atoms with Crippen LogP contribution >= 0.6 is 36.1 Å². The van der Waals surface area contributed by atoms with E-state index in [-0.39, 0.29) is 52.4 Å². The van der Waals surface area contributed by atoms with E-state index in [0.29, 0.717) is 49.4 Å². The van der Waals surface area contributed by atoms with E-state index in [9.17, 15) is 33.0 Å². The van der Waals surface area contributed by atoms with Crippen LogP contribution in [0.1, 0.15) is 65.0 Å². The van der Waals surface area contributed by atoms with Gasteiger partial charge >= 0.3 is 25.4 Å². The summed E-state index contributed by atoms with van der Waals surface area (Å²) in [5.41, 5.74) is 5.17. The molecule has 0 aliphatic carbocycles. The Morgan fingerprint density at radius 3 is 1.72 bits per heavy atom. The summed E-state index contributed by atoms with van der Waals surface area (Å²) in [4.78, 5) is 42.2. The maximum atomic E-state index is 12.7. The molecule has 0 bridgehead atoms. The summed E-state index contributed by atoms with van der Waals surface area (Å²) < 4.78 is 61.8. The quantitative estimate of drug-likeness (QED) is 0.0440. The lowest BCUT2D eigenvalue weighted by Gasteiger charge is -2.32. The average Bonchev–Trinajstić information content (AvgIpc) is 3.38. The lowest BCUT2D eigenvalue weighted by atomic mass is 9.76. The van der Waals surface area contributed by atoms with E-state index < -0.39 is 55.1 Å². The summed E-state index contributed by atoms with van der Waals surface area (Å²) >= 11 is 2.24. The van der Waals surface area contributed by atoms with Crippen LogP contribution in [0, 0.1) is 29.3 Å². The number of anilines is 6. The van der Waals surface area contributed by atoms with Crippen LogP contribution in [0.4, 0.5) is 57.4 Å². The molecule has 7 heterocycles. The highest BCUT2D eigenvalue weighted by Crippen LogP contribution is 2.38. The van der Waals surface area contributed by atoms with Gasteiger partial charge in [-0.2, -0.15) is 26.7 Å². The van der Waals surface area contributed by atoms with Gasteiger partial charge in [0.25, 0.3) is 0 Å². The van der Waals surface area contributed by atoms with Crippen molar-refractivity contribution >= 4 is 95.4 Å². The lowest BCUT2D eigenvalue weighted by molar-refractivity contribution is -0.143. The molecule has 2 aromatic heterocycles. The summed E-state index contributed by atoms with van der Waals surface area (Å²) in [7, 11) is -0.556. The molecule has 0 unspecified atom stereocenters. The second-order valence-corrected chi connectivity index (χ2v) is 23.8. The number of amides is 4. The highest BCUT2D eigenvalue weighted by molar-refractivity contribution is 14.1. The number of pyridine rings is 2. The number of aromatic nitrogens is 2. The lowest BCUT2D eigenvalue weighted by Crippen LogP contribution is -2.41. The van der Waals surface area contributed by atoms with Gasteiger partial charge in [0.15, 0.2) is 0 Å². The number of urea groups is 2. The number of halogens is 4. The number of aryl methyl sites for hydroxylation is 2. The van der Waals surface area contributed by atoms with E-state index in [0.717, 1.165) is 108 Å². The topological polar surface area (TPSA) is 239 Å². The fourth-order valence-corrected chi connectivity index (χ4v) is 10.4. The van der Waals surface area contributed by atoms with Crippen LogP contribution in [-0.4, -0.2) is 194 Å². The molecule has 2 aromatic carbocycles. The molecular weight excluding hydrogens is 1210 g/mol. The van der Waals surface area contributed by atoms with E-state index in [2.05, 4.69) is 71.6 Å². The highest BCUT2D eigenvalue weighted by atomic mass is 127. The molecule has 4 amide bonds. The molecule has 5 aliphatic heterocycles. The summed E-state index contributed by atoms with van der Waals surface area (Å²) in [6, 6.07) is 18.8. The van der Waals surface area contributed by atoms with Gasteiger partial charge in [0.05, 0.1) is 63.1 Å². The van der Waals surface area contributed by atoms with Gasteiger partial charge < -0.3 is 80.1 Å². The van der Waals surface area contributed by atoms with Crippen molar-refractivity contribution in [3.05, 3.63) is 75.4 Å². The van der Waals surface area contributed by atoms with E-state index in [4.69, 9.17) is 34.0 Å². The minimum Gasteiger partial charge on any atom is -0.399 e. The van der Waals surface area contributed by atoms with E-state index in [1.54, 1.807) is 12.1 Å². The van der Waals surface area contributed by atoms with Crippen molar-refractivity contribution in [3.8, 4) is 11.1 Å². The van der Waals surface area contributed by atoms with Crippen LogP contribution < -0.4 is 36.5 Å². The third kappa shape index (κ3) is 19.6. The molecule has 5 aliphatic rings. The van der Waals surface area contributed by atoms with E-state index >= 15 is 0 Å². The van der Waals surface area contributed by atoms with Crippen molar-refractivity contribution < 1.29 is 62.0 Å². The van der Waals surface area contributed by atoms with Crippen LogP contribution in [0.5, 0.6) is 0 Å². The number of carbonyl (C=O) groups excluding carboxylic acids is 2. The maximum Gasteiger partial charge on any atom is 0.495 e. The average molecular weight is 1300 g/mol.